The molecule has 4 saturated carbocycles. The van der Waals surface area contributed by atoms with E-state index in [9.17, 15) is 4.79 Å². The molecular weight excluding hydrogens is 444 g/mol. The number of carbonyl (C=O) groups excluding carboxylic acids is 1. The van der Waals surface area contributed by atoms with E-state index in [1.54, 1.807) is 0 Å². The highest BCUT2D eigenvalue weighted by atomic mass is 16.5. The highest BCUT2D eigenvalue weighted by Gasteiger charge is 2.37. The Morgan fingerprint density at radius 2 is 1.06 bits per heavy atom. The van der Waals surface area contributed by atoms with Crippen LogP contribution in [0.4, 0.5) is 0 Å². The van der Waals surface area contributed by atoms with Crippen LogP contribution < -0.4 is 0 Å². The molecular formula is C33H56O3. The fourth-order valence-corrected chi connectivity index (χ4v) is 8.78. The first-order valence-electron chi connectivity index (χ1n) is 16.1. The van der Waals surface area contributed by atoms with E-state index in [1.165, 1.54) is 116 Å². The van der Waals surface area contributed by atoms with E-state index in [4.69, 9.17) is 9.84 Å². The Kier molecular flexibility index (Phi) is 11.2. The van der Waals surface area contributed by atoms with Gasteiger partial charge in [0.05, 0.1) is 12.2 Å². The molecule has 4 rings (SSSR count). The summed E-state index contributed by atoms with van der Waals surface area (Å²) in [6.45, 7) is 5.61. The van der Waals surface area contributed by atoms with Crippen LogP contribution in [0.25, 0.3) is 0 Å². The summed E-state index contributed by atoms with van der Waals surface area (Å²) in [5.41, 5.74) is 0.176. The number of hydrogen-bond acceptors (Lipinski definition) is 3. The van der Waals surface area contributed by atoms with Crippen LogP contribution in [0.1, 0.15) is 135 Å². The van der Waals surface area contributed by atoms with Crippen molar-refractivity contribution in [1.29, 1.82) is 0 Å². The summed E-state index contributed by atoms with van der Waals surface area (Å²) in [6, 6.07) is 0. The fraction of sp³-hybridized carbons (Fsp3) is 0.909. The normalized spacial score (nSPS) is 37.8. The van der Waals surface area contributed by atoms with E-state index in [1.807, 2.05) is 0 Å². The Labute approximate surface area is 222 Å². The fourth-order valence-electron chi connectivity index (χ4n) is 8.78. The molecule has 206 valence electrons. The monoisotopic (exact) mass is 500 g/mol. The molecule has 4 aliphatic carbocycles. The molecule has 0 aromatic heterocycles. The lowest BCUT2D eigenvalue weighted by Gasteiger charge is -2.43. The zero-order chi connectivity index (χ0) is 25.3. The van der Waals surface area contributed by atoms with Crippen molar-refractivity contribution in [3.05, 3.63) is 12.2 Å². The minimum atomic E-state index is -0.411. The van der Waals surface area contributed by atoms with E-state index in [0.29, 0.717) is 0 Å². The van der Waals surface area contributed by atoms with Gasteiger partial charge >= 0.3 is 5.97 Å². The minimum Gasteiger partial charge on any atom is -0.459 e. The third-order valence-corrected chi connectivity index (χ3v) is 11.2. The quantitative estimate of drug-likeness (QED) is 0.185. The van der Waals surface area contributed by atoms with Gasteiger partial charge in [-0.25, -0.2) is 4.79 Å². The third-order valence-electron chi connectivity index (χ3n) is 11.2. The Morgan fingerprint density at radius 3 is 1.44 bits per heavy atom. The Hall–Kier alpha value is -0.830. The second-order valence-electron chi connectivity index (χ2n) is 13.3. The molecule has 0 aliphatic heterocycles. The molecule has 0 radical (unpaired) electrons. The lowest BCUT2D eigenvalue weighted by atomic mass is 9.63. The van der Waals surface area contributed by atoms with Gasteiger partial charge in [0.2, 0.25) is 0 Å². The van der Waals surface area contributed by atoms with Crippen molar-refractivity contribution in [3.63, 3.8) is 0 Å². The molecule has 4 aliphatic rings. The van der Waals surface area contributed by atoms with Gasteiger partial charge in [0.1, 0.15) is 6.10 Å². The van der Waals surface area contributed by atoms with Crippen molar-refractivity contribution < 1.29 is 14.6 Å². The van der Waals surface area contributed by atoms with Gasteiger partial charge in [-0.3, -0.25) is 0 Å². The third kappa shape index (κ3) is 7.84. The molecule has 0 aromatic rings. The standard InChI is InChI=1S/C33H56O3/c1-3-4-5-6-25-7-9-26(10-8-25)27-11-13-28(14-12-27)29-15-17-30(18-16-29)31-19-21-32(22-20-31)36-33(35)24(2)23-34/h25-32,34H,2-23H2,1H3. The van der Waals surface area contributed by atoms with Crippen LogP contribution in [0.3, 0.4) is 0 Å². The number of carbonyl (C=O) groups is 1. The molecule has 0 aromatic carbocycles. The van der Waals surface area contributed by atoms with E-state index in [2.05, 4.69) is 13.5 Å². The summed E-state index contributed by atoms with van der Waals surface area (Å²) in [5, 5.41) is 9.07. The van der Waals surface area contributed by atoms with Gasteiger partial charge in [-0.1, -0.05) is 52.0 Å². The average molecular weight is 501 g/mol. The molecule has 1 N–H and O–H groups in total. The van der Waals surface area contributed by atoms with E-state index in [0.717, 1.165) is 54.3 Å². The van der Waals surface area contributed by atoms with Gasteiger partial charge in [0.25, 0.3) is 0 Å². The molecule has 3 nitrogen and oxygen atoms in total. The number of unbranched alkanes of at least 4 members (excludes halogenated alkanes) is 2. The van der Waals surface area contributed by atoms with Crippen molar-refractivity contribution in [3.8, 4) is 0 Å². The van der Waals surface area contributed by atoms with Crippen molar-refractivity contribution in [2.24, 2.45) is 41.4 Å². The van der Waals surface area contributed by atoms with Gasteiger partial charge in [0.15, 0.2) is 0 Å². The van der Waals surface area contributed by atoms with Crippen LogP contribution in [0, 0.1) is 41.4 Å². The molecule has 0 unspecified atom stereocenters. The maximum atomic E-state index is 11.9. The van der Waals surface area contributed by atoms with Crippen molar-refractivity contribution in [2.75, 3.05) is 6.61 Å². The maximum absolute atomic E-state index is 11.9. The smallest absolute Gasteiger partial charge is 0.336 e. The second kappa shape index (κ2) is 14.4. The first-order valence-corrected chi connectivity index (χ1v) is 16.1. The summed E-state index contributed by atoms with van der Waals surface area (Å²) in [4.78, 5) is 11.9. The largest absolute Gasteiger partial charge is 0.459 e. The van der Waals surface area contributed by atoms with Crippen LogP contribution in [0.5, 0.6) is 0 Å². The Bertz CT molecular complexity index is 654. The topological polar surface area (TPSA) is 46.5 Å². The highest BCUT2D eigenvalue weighted by molar-refractivity contribution is 5.88. The number of ether oxygens (including phenoxy) is 1. The van der Waals surface area contributed by atoms with Gasteiger partial charge in [-0.2, -0.15) is 0 Å². The molecule has 0 heterocycles. The summed E-state index contributed by atoms with van der Waals surface area (Å²) in [7, 11) is 0. The second-order valence-corrected chi connectivity index (χ2v) is 13.3. The van der Waals surface area contributed by atoms with Crippen LogP contribution in [-0.4, -0.2) is 23.8 Å². The summed E-state index contributed by atoms with van der Waals surface area (Å²) in [6.07, 6.45) is 28.2. The van der Waals surface area contributed by atoms with E-state index < -0.39 is 5.97 Å². The molecule has 0 spiro atoms. The average Bonchev–Trinajstić information content (AvgIpc) is 2.94. The number of esters is 1. The van der Waals surface area contributed by atoms with Gasteiger partial charge < -0.3 is 9.84 Å². The SMILES string of the molecule is C=C(CO)C(=O)OC1CCC(C2CCC(C3CCC(C4CCC(CCCCC)CC4)CC3)CC2)CC1. The lowest BCUT2D eigenvalue weighted by Crippen LogP contribution is -2.32. The molecule has 0 amide bonds. The van der Waals surface area contributed by atoms with Crippen molar-refractivity contribution in [2.45, 2.75) is 141 Å². The lowest BCUT2D eigenvalue weighted by molar-refractivity contribution is -0.146. The van der Waals surface area contributed by atoms with Crippen LogP contribution >= 0.6 is 0 Å². The van der Waals surface area contributed by atoms with Crippen molar-refractivity contribution >= 4 is 5.97 Å². The van der Waals surface area contributed by atoms with Crippen LogP contribution in [-0.2, 0) is 9.53 Å². The molecule has 4 fully saturated rings. The number of aliphatic hydroxyl groups is 1. The summed E-state index contributed by atoms with van der Waals surface area (Å²) < 4.78 is 5.55. The summed E-state index contributed by atoms with van der Waals surface area (Å²) >= 11 is 0. The van der Waals surface area contributed by atoms with E-state index >= 15 is 0 Å². The van der Waals surface area contributed by atoms with Gasteiger partial charge in [-0.05, 0) is 131 Å². The number of rotatable bonds is 10. The van der Waals surface area contributed by atoms with Crippen LogP contribution in [0.2, 0.25) is 0 Å². The predicted molar refractivity (Wildman–Crippen MR) is 149 cm³/mol. The van der Waals surface area contributed by atoms with Gasteiger partial charge in [0, 0.05) is 0 Å². The Balaban J connectivity index is 1.10. The number of aliphatic hydroxyl groups excluding tert-OH is 1. The molecule has 0 atom stereocenters. The van der Waals surface area contributed by atoms with Crippen LogP contribution in [0.15, 0.2) is 12.2 Å². The zero-order valence-corrected chi connectivity index (χ0v) is 23.4. The molecule has 3 heteroatoms. The molecule has 36 heavy (non-hydrogen) atoms. The van der Waals surface area contributed by atoms with Gasteiger partial charge in [-0.15, -0.1) is 0 Å². The Morgan fingerprint density at radius 1 is 0.667 bits per heavy atom. The number of hydrogen-bond donors (Lipinski definition) is 1. The van der Waals surface area contributed by atoms with E-state index in [-0.39, 0.29) is 18.3 Å². The highest BCUT2D eigenvalue weighted by Crippen LogP contribution is 2.48. The molecule has 0 bridgehead atoms. The summed E-state index contributed by atoms with van der Waals surface area (Å²) in [5.74, 6) is 6.49. The minimum absolute atomic E-state index is 0.0275. The molecule has 0 saturated heterocycles. The zero-order valence-electron chi connectivity index (χ0n) is 23.4. The van der Waals surface area contributed by atoms with Crippen molar-refractivity contribution in [1.82, 2.24) is 0 Å². The predicted octanol–water partition coefficient (Wildman–Crippen LogP) is 8.64. The maximum Gasteiger partial charge on any atom is 0.336 e. The first-order chi connectivity index (χ1) is 17.6. The first kappa shape index (κ1) is 28.2.